The molecule has 0 spiro atoms. The first-order chi connectivity index (χ1) is 6.84. The van der Waals surface area contributed by atoms with Crippen LogP contribution in [0.15, 0.2) is 0 Å². The predicted octanol–water partition coefficient (Wildman–Crippen LogP) is 0.893. The van der Waals surface area contributed by atoms with Crippen molar-refractivity contribution in [2.24, 2.45) is 5.73 Å². The minimum Gasteiger partial charge on any atom is -0.382 e. The molecule has 2 N–H and O–H groups in total. The monoisotopic (exact) mass is 203 g/mol. The van der Waals surface area contributed by atoms with Gasteiger partial charge in [0, 0.05) is 13.2 Å². The van der Waals surface area contributed by atoms with Gasteiger partial charge in [-0.25, -0.2) is 0 Å². The minimum atomic E-state index is 0.186. The third-order valence-electron chi connectivity index (χ3n) is 2.55. The summed E-state index contributed by atoms with van der Waals surface area (Å²) < 4.78 is 15.6. The predicted molar refractivity (Wildman–Crippen MR) is 54.0 cm³/mol. The Kier molecular flexibility index (Phi) is 6.10. The van der Waals surface area contributed by atoms with E-state index in [0.717, 1.165) is 12.8 Å². The van der Waals surface area contributed by atoms with E-state index in [9.17, 15) is 0 Å². The molecule has 1 aliphatic carbocycles. The van der Waals surface area contributed by atoms with Crippen molar-refractivity contribution in [2.75, 3.05) is 27.1 Å². The van der Waals surface area contributed by atoms with Crippen molar-refractivity contribution in [1.29, 1.82) is 0 Å². The Morgan fingerprint density at radius 1 is 1.21 bits per heavy atom. The summed E-state index contributed by atoms with van der Waals surface area (Å²) in [6, 6.07) is 0.190. The lowest BCUT2D eigenvalue weighted by Gasteiger charge is -2.28. The lowest BCUT2D eigenvalue weighted by Crippen LogP contribution is -2.39. The average Bonchev–Trinajstić information content (AvgIpc) is 2.20. The zero-order chi connectivity index (χ0) is 10.2. The molecule has 0 radical (unpaired) electrons. The van der Waals surface area contributed by atoms with E-state index in [1.165, 1.54) is 12.8 Å². The standard InChI is InChI=1S/C10H21NO3/c1-12-6-7-13-8-14-10-5-3-2-4-9(10)11/h9-10H,2-8,11H2,1H3/t9-,10+/m0/s1. The maximum Gasteiger partial charge on any atom is 0.147 e. The van der Waals surface area contributed by atoms with E-state index in [2.05, 4.69) is 0 Å². The highest BCUT2D eigenvalue weighted by Crippen LogP contribution is 2.19. The van der Waals surface area contributed by atoms with E-state index >= 15 is 0 Å². The number of rotatable bonds is 6. The van der Waals surface area contributed by atoms with Crippen molar-refractivity contribution in [3.05, 3.63) is 0 Å². The van der Waals surface area contributed by atoms with E-state index in [1.807, 2.05) is 0 Å². The van der Waals surface area contributed by atoms with Crippen LogP contribution >= 0.6 is 0 Å². The highest BCUT2D eigenvalue weighted by molar-refractivity contribution is 4.77. The number of hydrogen-bond acceptors (Lipinski definition) is 4. The fourth-order valence-corrected chi connectivity index (χ4v) is 1.67. The second kappa shape index (κ2) is 7.17. The van der Waals surface area contributed by atoms with Crippen LogP contribution in [-0.2, 0) is 14.2 Å². The molecular formula is C10H21NO3. The number of ether oxygens (including phenoxy) is 3. The van der Waals surface area contributed by atoms with Crippen LogP contribution in [0.3, 0.4) is 0 Å². The van der Waals surface area contributed by atoms with Gasteiger partial charge >= 0.3 is 0 Å². The summed E-state index contributed by atoms with van der Waals surface area (Å²) in [6.07, 6.45) is 4.77. The quantitative estimate of drug-likeness (QED) is 0.514. The number of hydrogen-bond donors (Lipinski definition) is 1. The molecule has 0 saturated heterocycles. The molecule has 0 unspecified atom stereocenters. The molecule has 14 heavy (non-hydrogen) atoms. The second-order valence-electron chi connectivity index (χ2n) is 3.67. The van der Waals surface area contributed by atoms with Crippen molar-refractivity contribution >= 4 is 0 Å². The summed E-state index contributed by atoms with van der Waals surface area (Å²) in [6.45, 7) is 1.53. The maximum atomic E-state index is 5.91. The van der Waals surface area contributed by atoms with E-state index in [0.29, 0.717) is 20.0 Å². The first-order valence-electron chi connectivity index (χ1n) is 5.28. The van der Waals surface area contributed by atoms with Gasteiger partial charge in [-0.1, -0.05) is 12.8 Å². The first kappa shape index (κ1) is 11.9. The molecule has 0 bridgehead atoms. The maximum absolute atomic E-state index is 5.91. The van der Waals surface area contributed by atoms with Crippen molar-refractivity contribution in [1.82, 2.24) is 0 Å². The molecule has 0 amide bonds. The average molecular weight is 203 g/mol. The Bertz CT molecular complexity index is 143. The molecule has 1 fully saturated rings. The van der Waals surface area contributed by atoms with Gasteiger partial charge in [0.05, 0.1) is 19.3 Å². The smallest absolute Gasteiger partial charge is 0.147 e. The fraction of sp³-hybridized carbons (Fsp3) is 1.00. The summed E-state index contributed by atoms with van der Waals surface area (Å²) in [5, 5.41) is 0. The summed E-state index contributed by atoms with van der Waals surface area (Å²) in [5.41, 5.74) is 5.91. The zero-order valence-electron chi connectivity index (χ0n) is 8.91. The van der Waals surface area contributed by atoms with Crippen LogP contribution in [0, 0.1) is 0 Å². The molecule has 2 atom stereocenters. The van der Waals surface area contributed by atoms with Crippen LogP contribution in [0.2, 0.25) is 0 Å². The molecule has 4 nitrogen and oxygen atoms in total. The molecule has 1 saturated carbocycles. The van der Waals surface area contributed by atoms with Gasteiger partial charge in [0.25, 0.3) is 0 Å². The number of nitrogens with two attached hydrogens (primary N) is 1. The van der Waals surface area contributed by atoms with Gasteiger partial charge in [-0.05, 0) is 12.8 Å². The third kappa shape index (κ3) is 4.37. The van der Waals surface area contributed by atoms with Gasteiger partial charge in [0.15, 0.2) is 0 Å². The van der Waals surface area contributed by atoms with Crippen molar-refractivity contribution < 1.29 is 14.2 Å². The highest BCUT2D eigenvalue weighted by atomic mass is 16.7. The minimum absolute atomic E-state index is 0.186. The van der Waals surface area contributed by atoms with Gasteiger partial charge in [0.2, 0.25) is 0 Å². The zero-order valence-corrected chi connectivity index (χ0v) is 8.91. The van der Waals surface area contributed by atoms with Crippen molar-refractivity contribution in [3.8, 4) is 0 Å². The van der Waals surface area contributed by atoms with Crippen LogP contribution in [0.5, 0.6) is 0 Å². The van der Waals surface area contributed by atoms with E-state index in [-0.39, 0.29) is 12.1 Å². The van der Waals surface area contributed by atoms with Crippen LogP contribution in [0.25, 0.3) is 0 Å². The summed E-state index contributed by atoms with van der Waals surface area (Å²) in [4.78, 5) is 0. The lowest BCUT2D eigenvalue weighted by atomic mass is 9.93. The Hall–Kier alpha value is -0.160. The number of methoxy groups -OCH3 is 1. The third-order valence-corrected chi connectivity index (χ3v) is 2.55. The Balaban J connectivity index is 1.99. The Morgan fingerprint density at radius 2 is 2.00 bits per heavy atom. The second-order valence-corrected chi connectivity index (χ2v) is 3.67. The molecular weight excluding hydrogens is 182 g/mol. The first-order valence-corrected chi connectivity index (χ1v) is 5.28. The largest absolute Gasteiger partial charge is 0.382 e. The molecule has 0 aliphatic heterocycles. The van der Waals surface area contributed by atoms with Crippen LogP contribution in [-0.4, -0.2) is 39.3 Å². The normalized spacial score (nSPS) is 27.9. The molecule has 1 rings (SSSR count). The fourth-order valence-electron chi connectivity index (χ4n) is 1.67. The van der Waals surface area contributed by atoms with Crippen molar-refractivity contribution in [2.45, 2.75) is 37.8 Å². The lowest BCUT2D eigenvalue weighted by molar-refractivity contribution is -0.110. The molecule has 0 aromatic carbocycles. The summed E-state index contributed by atoms with van der Waals surface area (Å²) in [7, 11) is 1.65. The van der Waals surface area contributed by atoms with Gasteiger partial charge in [-0.3, -0.25) is 0 Å². The SMILES string of the molecule is COCCOCO[C@@H]1CCCC[C@@H]1N. The Labute approximate surface area is 85.7 Å². The summed E-state index contributed by atoms with van der Waals surface area (Å²) in [5.74, 6) is 0. The summed E-state index contributed by atoms with van der Waals surface area (Å²) >= 11 is 0. The van der Waals surface area contributed by atoms with Crippen LogP contribution in [0.1, 0.15) is 25.7 Å². The molecule has 4 heteroatoms. The van der Waals surface area contributed by atoms with Gasteiger partial charge < -0.3 is 19.9 Å². The topological polar surface area (TPSA) is 53.7 Å². The van der Waals surface area contributed by atoms with Crippen molar-refractivity contribution in [3.63, 3.8) is 0 Å². The van der Waals surface area contributed by atoms with E-state index < -0.39 is 0 Å². The van der Waals surface area contributed by atoms with E-state index in [1.54, 1.807) is 7.11 Å². The van der Waals surface area contributed by atoms with Gasteiger partial charge in [0.1, 0.15) is 6.79 Å². The highest BCUT2D eigenvalue weighted by Gasteiger charge is 2.21. The van der Waals surface area contributed by atoms with E-state index in [4.69, 9.17) is 19.9 Å². The van der Waals surface area contributed by atoms with Gasteiger partial charge in [-0.2, -0.15) is 0 Å². The van der Waals surface area contributed by atoms with Crippen LogP contribution < -0.4 is 5.73 Å². The molecule has 0 heterocycles. The molecule has 0 aromatic rings. The Morgan fingerprint density at radius 3 is 2.71 bits per heavy atom. The van der Waals surface area contributed by atoms with Gasteiger partial charge in [-0.15, -0.1) is 0 Å². The van der Waals surface area contributed by atoms with Crippen LogP contribution in [0.4, 0.5) is 0 Å². The molecule has 1 aliphatic rings. The molecule has 0 aromatic heterocycles. The molecule has 84 valence electrons.